The van der Waals surface area contributed by atoms with Gasteiger partial charge in [-0.1, -0.05) is 11.6 Å². The van der Waals surface area contributed by atoms with E-state index in [0.717, 1.165) is 18.9 Å². The Kier molecular flexibility index (Phi) is 3.76. The monoisotopic (exact) mass is 306 g/mol. The highest BCUT2D eigenvalue weighted by molar-refractivity contribution is 6.31. The van der Waals surface area contributed by atoms with Gasteiger partial charge in [0.1, 0.15) is 12.2 Å². The Morgan fingerprint density at radius 3 is 3.10 bits per heavy atom. The smallest absolute Gasteiger partial charge is 0.238 e. The minimum atomic E-state index is -0.114. The van der Waals surface area contributed by atoms with Crippen molar-refractivity contribution in [1.82, 2.24) is 19.7 Å². The molecule has 0 saturated heterocycles. The van der Waals surface area contributed by atoms with Crippen molar-refractivity contribution < 1.29 is 4.79 Å². The van der Waals surface area contributed by atoms with Crippen molar-refractivity contribution >= 4 is 28.9 Å². The van der Waals surface area contributed by atoms with E-state index in [0.29, 0.717) is 22.9 Å². The molecule has 0 atom stereocenters. The second kappa shape index (κ2) is 5.71. The zero-order valence-corrected chi connectivity index (χ0v) is 12.0. The summed E-state index contributed by atoms with van der Waals surface area (Å²) in [6.07, 6.45) is 1.71. The lowest BCUT2D eigenvalue weighted by Gasteiger charge is -2.26. The molecule has 0 fully saturated rings. The molecule has 7 nitrogen and oxygen atoms in total. The van der Waals surface area contributed by atoms with Gasteiger partial charge < -0.3 is 15.6 Å². The molecule has 0 spiro atoms. The van der Waals surface area contributed by atoms with Crippen LogP contribution in [0, 0.1) is 0 Å². The van der Waals surface area contributed by atoms with Gasteiger partial charge in [0.05, 0.1) is 24.5 Å². The molecule has 1 aromatic heterocycles. The highest BCUT2D eigenvalue weighted by Gasteiger charge is 2.19. The molecule has 2 heterocycles. The predicted octanol–water partition coefficient (Wildman–Crippen LogP) is 0.968. The summed E-state index contributed by atoms with van der Waals surface area (Å²) in [6, 6.07) is 5.00. The Hall–Kier alpha value is -2.12. The number of benzene rings is 1. The average Bonchev–Trinajstić information content (AvgIpc) is 2.89. The summed E-state index contributed by atoms with van der Waals surface area (Å²) in [5.41, 5.74) is 6.84. The van der Waals surface area contributed by atoms with Crippen molar-refractivity contribution in [1.29, 1.82) is 0 Å². The average molecular weight is 307 g/mol. The van der Waals surface area contributed by atoms with Crippen LogP contribution in [0.2, 0.25) is 5.02 Å². The summed E-state index contributed by atoms with van der Waals surface area (Å²) in [7, 11) is 0. The summed E-state index contributed by atoms with van der Waals surface area (Å²) in [6.45, 7) is 2.48. The lowest BCUT2D eigenvalue weighted by molar-refractivity contribution is -0.117. The van der Waals surface area contributed by atoms with Crippen LogP contribution in [0.4, 0.5) is 11.4 Å². The molecule has 1 aromatic carbocycles. The molecule has 0 aliphatic carbocycles. The summed E-state index contributed by atoms with van der Waals surface area (Å²) >= 11 is 5.83. The zero-order valence-electron chi connectivity index (χ0n) is 11.3. The third-order valence-corrected chi connectivity index (χ3v) is 3.61. The van der Waals surface area contributed by atoms with Crippen molar-refractivity contribution in [3.05, 3.63) is 35.4 Å². The fraction of sp³-hybridized carbons (Fsp3) is 0.308. The van der Waals surface area contributed by atoms with Crippen LogP contribution in [0.3, 0.4) is 0 Å². The van der Waals surface area contributed by atoms with Crippen molar-refractivity contribution in [3.8, 4) is 0 Å². The molecule has 1 aliphatic heterocycles. The number of aromatic nitrogens is 3. The van der Waals surface area contributed by atoms with Crippen LogP contribution in [0.5, 0.6) is 0 Å². The molecule has 3 N–H and O–H groups in total. The predicted molar refractivity (Wildman–Crippen MR) is 79.8 cm³/mol. The SMILES string of the molecule is Nc1cc(Cl)ccc1NC(=O)CN1CCn2cnnc2C1. The van der Waals surface area contributed by atoms with Crippen molar-refractivity contribution in [2.75, 3.05) is 24.1 Å². The fourth-order valence-electron chi connectivity index (χ4n) is 2.29. The number of anilines is 2. The van der Waals surface area contributed by atoms with E-state index in [1.807, 2.05) is 9.47 Å². The number of rotatable bonds is 3. The highest BCUT2D eigenvalue weighted by atomic mass is 35.5. The van der Waals surface area contributed by atoms with Gasteiger partial charge in [-0.3, -0.25) is 9.69 Å². The van der Waals surface area contributed by atoms with Crippen LogP contribution in [0.1, 0.15) is 5.82 Å². The first kappa shape index (κ1) is 13.8. The third kappa shape index (κ3) is 3.14. The minimum Gasteiger partial charge on any atom is -0.397 e. The largest absolute Gasteiger partial charge is 0.397 e. The number of nitrogens with one attached hydrogen (secondary N) is 1. The van der Waals surface area contributed by atoms with Crippen LogP contribution in [-0.2, 0) is 17.9 Å². The van der Waals surface area contributed by atoms with Crippen LogP contribution >= 0.6 is 11.6 Å². The van der Waals surface area contributed by atoms with Gasteiger partial charge in [0.25, 0.3) is 0 Å². The molecule has 110 valence electrons. The molecule has 1 amide bonds. The number of carbonyl (C=O) groups excluding carboxylic acids is 1. The van der Waals surface area contributed by atoms with E-state index in [1.54, 1.807) is 24.5 Å². The Morgan fingerprint density at radius 2 is 2.29 bits per heavy atom. The molecule has 0 unspecified atom stereocenters. The van der Waals surface area contributed by atoms with E-state index in [4.69, 9.17) is 17.3 Å². The fourth-order valence-corrected chi connectivity index (χ4v) is 2.47. The summed E-state index contributed by atoms with van der Waals surface area (Å²) in [5, 5.41) is 11.2. The summed E-state index contributed by atoms with van der Waals surface area (Å²) in [4.78, 5) is 14.1. The van der Waals surface area contributed by atoms with Crippen molar-refractivity contribution in [2.24, 2.45) is 0 Å². The number of fused-ring (bicyclic) bond motifs is 1. The van der Waals surface area contributed by atoms with Gasteiger partial charge in [0.2, 0.25) is 5.91 Å². The number of carbonyl (C=O) groups is 1. The van der Waals surface area contributed by atoms with Gasteiger partial charge in [-0.15, -0.1) is 10.2 Å². The van der Waals surface area contributed by atoms with Crippen molar-refractivity contribution in [2.45, 2.75) is 13.1 Å². The molecule has 2 aromatic rings. The van der Waals surface area contributed by atoms with Gasteiger partial charge in [-0.25, -0.2) is 0 Å². The van der Waals surface area contributed by atoms with Gasteiger partial charge in [0.15, 0.2) is 0 Å². The maximum absolute atomic E-state index is 12.1. The first-order valence-electron chi connectivity index (χ1n) is 6.56. The van der Waals surface area contributed by atoms with Gasteiger partial charge >= 0.3 is 0 Å². The van der Waals surface area contributed by atoms with Crippen molar-refractivity contribution in [3.63, 3.8) is 0 Å². The lowest BCUT2D eigenvalue weighted by atomic mass is 10.2. The number of nitrogens with two attached hydrogens (primary N) is 1. The van der Waals surface area contributed by atoms with Gasteiger partial charge in [0, 0.05) is 18.1 Å². The minimum absolute atomic E-state index is 0.114. The second-order valence-corrected chi connectivity index (χ2v) is 5.37. The number of hydrogen-bond acceptors (Lipinski definition) is 5. The summed E-state index contributed by atoms with van der Waals surface area (Å²) < 4.78 is 1.99. The molecule has 0 bridgehead atoms. The van der Waals surface area contributed by atoms with Gasteiger partial charge in [-0.2, -0.15) is 0 Å². The number of nitrogens with zero attached hydrogens (tertiary/aromatic N) is 4. The van der Waals surface area contributed by atoms with E-state index in [2.05, 4.69) is 15.5 Å². The molecular weight excluding hydrogens is 292 g/mol. The normalized spacial score (nSPS) is 14.7. The Bertz CT molecular complexity index is 670. The second-order valence-electron chi connectivity index (χ2n) is 4.93. The highest BCUT2D eigenvalue weighted by Crippen LogP contribution is 2.22. The molecule has 8 heteroatoms. The standard InChI is InChI=1S/C13H15ClN6O/c14-9-1-2-11(10(15)5-9)17-13(21)7-19-3-4-20-8-16-18-12(20)6-19/h1-2,5,8H,3-4,6-7,15H2,(H,17,21). The first-order valence-corrected chi connectivity index (χ1v) is 6.93. The Morgan fingerprint density at radius 1 is 1.43 bits per heavy atom. The van der Waals surface area contributed by atoms with Gasteiger partial charge in [-0.05, 0) is 18.2 Å². The van der Waals surface area contributed by atoms with E-state index in [9.17, 15) is 4.79 Å². The lowest BCUT2D eigenvalue weighted by Crippen LogP contribution is -2.39. The Labute approximate surface area is 126 Å². The number of hydrogen-bond donors (Lipinski definition) is 2. The van der Waals surface area contributed by atoms with Crippen LogP contribution in [-0.4, -0.2) is 38.7 Å². The summed E-state index contributed by atoms with van der Waals surface area (Å²) in [5.74, 6) is 0.761. The maximum atomic E-state index is 12.1. The molecule has 1 aliphatic rings. The number of halogens is 1. The molecule has 0 radical (unpaired) electrons. The van der Waals surface area contributed by atoms with E-state index < -0.39 is 0 Å². The molecule has 21 heavy (non-hydrogen) atoms. The Balaban J connectivity index is 1.60. The van der Waals surface area contributed by atoms with Crippen LogP contribution in [0.25, 0.3) is 0 Å². The topological polar surface area (TPSA) is 89.1 Å². The zero-order chi connectivity index (χ0) is 14.8. The number of nitrogen functional groups attached to an aromatic ring is 1. The molecular formula is C13H15ClN6O. The van der Waals surface area contributed by atoms with E-state index in [1.165, 1.54) is 0 Å². The molecule has 3 rings (SSSR count). The third-order valence-electron chi connectivity index (χ3n) is 3.37. The van der Waals surface area contributed by atoms with Crippen LogP contribution in [0.15, 0.2) is 24.5 Å². The number of amides is 1. The quantitative estimate of drug-likeness (QED) is 0.825. The van der Waals surface area contributed by atoms with Crippen LogP contribution < -0.4 is 11.1 Å². The first-order chi connectivity index (χ1) is 10.1. The van der Waals surface area contributed by atoms with E-state index in [-0.39, 0.29) is 12.5 Å². The molecule has 0 saturated carbocycles. The maximum Gasteiger partial charge on any atom is 0.238 e. The van der Waals surface area contributed by atoms with E-state index >= 15 is 0 Å².